The van der Waals surface area contributed by atoms with E-state index in [9.17, 15) is 9.59 Å². The van der Waals surface area contributed by atoms with Crippen LogP contribution in [0.4, 0.5) is 0 Å². The Bertz CT molecular complexity index is 1230. The molecule has 5 nitrogen and oxygen atoms in total. The summed E-state index contributed by atoms with van der Waals surface area (Å²) >= 11 is 0. The first-order chi connectivity index (χ1) is 15.7. The maximum atomic E-state index is 13.7. The minimum Gasteiger partial charge on any atom is -0.450 e. The second-order valence-corrected chi connectivity index (χ2v) is 9.97. The first-order valence-corrected chi connectivity index (χ1v) is 11.9. The fourth-order valence-electron chi connectivity index (χ4n) is 4.67. The molecule has 1 atom stereocenters. The van der Waals surface area contributed by atoms with Gasteiger partial charge in [-0.2, -0.15) is 0 Å². The Labute approximate surface area is 196 Å². The van der Waals surface area contributed by atoms with Gasteiger partial charge in [0.05, 0.1) is 17.0 Å². The van der Waals surface area contributed by atoms with Gasteiger partial charge >= 0.3 is 0 Å². The van der Waals surface area contributed by atoms with Crippen molar-refractivity contribution in [2.45, 2.75) is 53.0 Å². The van der Waals surface area contributed by atoms with Gasteiger partial charge in [-0.3, -0.25) is 9.59 Å². The topological polar surface area (TPSA) is 53.8 Å². The predicted octanol–water partition coefficient (Wildman–Crippen LogP) is 5.29. The van der Waals surface area contributed by atoms with E-state index >= 15 is 0 Å². The lowest BCUT2D eigenvalue weighted by Crippen LogP contribution is -2.37. The van der Waals surface area contributed by atoms with Crippen molar-refractivity contribution < 1.29 is 9.21 Å². The Morgan fingerprint density at radius 3 is 2.27 bits per heavy atom. The van der Waals surface area contributed by atoms with Crippen molar-refractivity contribution in [3.8, 4) is 0 Å². The Hall–Kier alpha value is -2.92. The first kappa shape index (κ1) is 23.2. The Morgan fingerprint density at radius 2 is 1.67 bits per heavy atom. The van der Waals surface area contributed by atoms with Crippen molar-refractivity contribution in [2.24, 2.45) is 0 Å². The van der Waals surface area contributed by atoms with Crippen LogP contribution in [0, 0.1) is 6.92 Å². The van der Waals surface area contributed by atoms with Crippen molar-refractivity contribution in [1.82, 2.24) is 9.80 Å². The molecule has 0 saturated heterocycles. The zero-order valence-electron chi connectivity index (χ0n) is 20.6. The Balaban J connectivity index is 1.86. The van der Waals surface area contributed by atoms with Crippen LogP contribution in [-0.2, 0) is 5.41 Å². The predicted molar refractivity (Wildman–Crippen MR) is 133 cm³/mol. The van der Waals surface area contributed by atoms with Crippen LogP contribution < -0.4 is 5.43 Å². The molecule has 1 unspecified atom stereocenters. The lowest BCUT2D eigenvalue weighted by molar-refractivity contribution is 0.0708. The Kier molecular flexibility index (Phi) is 6.19. The molecule has 0 saturated carbocycles. The van der Waals surface area contributed by atoms with Gasteiger partial charge in [0.1, 0.15) is 5.58 Å². The second-order valence-electron chi connectivity index (χ2n) is 9.97. The lowest BCUT2D eigenvalue weighted by atomic mass is 9.86. The number of benzene rings is 2. The molecule has 0 spiro atoms. The summed E-state index contributed by atoms with van der Waals surface area (Å²) in [4.78, 5) is 31.3. The van der Waals surface area contributed by atoms with Crippen molar-refractivity contribution in [2.75, 3.05) is 26.2 Å². The van der Waals surface area contributed by atoms with E-state index in [1.807, 2.05) is 24.0 Å². The SMILES string of the molecule is CCN(CC)CCN1C(=O)c2oc3ccc(C)cc3c(=O)c2C1c1ccc(C(C)(C)C)cc1. The van der Waals surface area contributed by atoms with E-state index in [1.54, 1.807) is 6.07 Å². The van der Waals surface area contributed by atoms with Crippen LogP contribution in [-0.4, -0.2) is 41.9 Å². The molecule has 0 fully saturated rings. The quantitative estimate of drug-likeness (QED) is 0.517. The molecule has 3 aromatic rings. The van der Waals surface area contributed by atoms with Gasteiger partial charge in [-0.25, -0.2) is 0 Å². The second kappa shape index (κ2) is 8.79. The van der Waals surface area contributed by atoms with E-state index < -0.39 is 6.04 Å². The number of rotatable bonds is 6. The van der Waals surface area contributed by atoms with Gasteiger partial charge in [0.2, 0.25) is 5.76 Å². The highest BCUT2D eigenvalue weighted by molar-refractivity contribution is 5.99. The number of hydrogen-bond donors (Lipinski definition) is 0. The Morgan fingerprint density at radius 1 is 1.00 bits per heavy atom. The number of aryl methyl sites for hydroxylation is 1. The van der Waals surface area contributed by atoms with Crippen LogP contribution in [0.2, 0.25) is 0 Å². The number of carbonyl (C=O) groups is 1. The third-order valence-corrected chi connectivity index (χ3v) is 6.77. The summed E-state index contributed by atoms with van der Waals surface area (Å²) in [5.41, 5.74) is 3.98. The van der Waals surface area contributed by atoms with Crippen LogP contribution in [0.15, 0.2) is 51.7 Å². The lowest BCUT2D eigenvalue weighted by Gasteiger charge is -2.28. The van der Waals surface area contributed by atoms with Gasteiger partial charge in [-0.15, -0.1) is 0 Å². The normalized spacial score (nSPS) is 16.2. The number of fused-ring (bicyclic) bond motifs is 2. The summed E-state index contributed by atoms with van der Waals surface area (Å²) in [6, 6.07) is 13.4. The monoisotopic (exact) mass is 446 g/mol. The van der Waals surface area contributed by atoms with Gasteiger partial charge in [-0.1, -0.05) is 70.5 Å². The van der Waals surface area contributed by atoms with Gasteiger partial charge in [-0.05, 0) is 48.7 Å². The molecule has 33 heavy (non-hydrogen) atoms. The highest BCUT2D eigenvalue weighted by Crippen LogP contribution is 2.38. The molecular weight excluding hydrogens is 412 g/mol. The molecular formula is C28H34N2O3. The number of amides is 1. The molecule has 2 heterocycles. The van der Waals surface area contributed by atoms with Crippen molar-refractivity contribution in [3.05, 3.63) is 80.7 Å². The number of nitrogens with zero attached hydrogens (tertiary/aromatic N) is 2. The molecule has 2 aromatic carbocycles. The number of likely N-dealkylation sites (N-methyl/N-ethyl adjacent to an activating group) is 1. The van der Waals surface area contributed by atoms with Crippen LogP contribution >= 0.6 is 0 Å². The van der Waals surface area contributed by atoms with E-state index in [0.717, 1.165) is 30.8 Å². The van der Waals surface area contributed by atoms with E-state index in [0.29, 0.717) is 23.1 Å². The van der Waals surface area contributed by atoms with E-state index in [4.69, 9.17) is 4.42 Å². The molecule has 0 N–H and O–H groups in total. The van der Waals surface area contributed by atoms with E-state index in [2.05, 4.69) is 63.8 Å². The largest absolute Gasteiger partial charge is 0.450 e. The fourth-order valence-corrected chi connectivity index (χ4v) is 4.67. The van der Waals surface area contributed by atoms with Crippen LogP contribution in [0.5, 0.6) is 0 Å². The van der Waals surface area contributed by atoms with Gasteiger partial charge in [0, 0.05) is 13.1 Å². The van der Waals surface area contributed by atoms with Gasteiger partial charge in [0.15, 0.2) is 5.43 Å². The highest BCUT2D eigenvalue weighted by atomic mass is 16.3. The third kappa shape index (κ3) is 4.22. The standard InChI is InChI=1S/C28H34N2O3/c1-7-29(8-2)15-16-30-24(19-10-12-20(13-11-19)28(4,5)6)23-25(31)21-17-18(3)9-14-22(21)33-26(23)27(30)32/h9-14,17,24H,7-8,15-16H2,1-6H3. The zero-order chi connectivity index (χ0) is 23.9. The summed E-state index contributed by atoms with van der Waals surface area (Å²) in [5, 5.41) is 0.531. The molecule has 174 valence electrons. The maximum absolute atomic E-state index is 13.7. The molecule has 4 rings (SSSR count). The summed E-state index contributed by atoms with van der Waals surface area (Å²) in [5.74, 6) is -0.0255. The van der Waals surface area contributed by atoms with E-state index in [-0.39, 0.29) is 22.5 Å². The molecule has 1 aliphatic heterocycles. The average molecular weight is 447 g/mol. The van der Waals surface area contributed by atoms with Crippen molar-refractivity contribution >= 4 is 16.9 Å². The number of hydrogen-bond acceptors (Lipinski definition) is 4. The summed E-state index contributed by atoms with van der Waals surface area (Å²) in [6.07, 6.45) is 0. The fraction of sp³-hybridized carbons (Fsp3) is 0.429. The average Bonchev–Trinajstić information content (AvgIpc) is 3.06. The molecule has 0 aliphatic carbocycles. The number of carbonyl (C=O) groups excluding carboxylic acids is 1. The summed E-state index contributed by atoms with van der Waals surface area (Å²) in [6.45, 7) is 15.8. The summed E-state index contributed by atoms with van der Waals surface area (Å²) < 4.78 is 6.07. The van der Waals surface area contributed by atoms with Crippen LogP contribution in [0.1, 0.15) is 73.5 Å². The zero-order valence-corrected chi connectivity index (χ0v) is 20.6. The van der Waals surface area contributed by atoms with Crippen molar-refractivity contribution in [3.63, 3.8) is 0 Å². The molecule has 1 aromatic heterocycles. The maximum Gasteiger partial charge on any atom is 0.290 e. The molecule has 0 bridgehead atoms. The molecule has 0 radical (unpaired) electrons. The first-order valence-electron chi connectivity index (χ1n) is 11.9. The minimum atomic E-state index is -0.446. The van der Waals surface area contributed by atoms with Crippen LogP contribution in [0.3, 0.4) is 0 Å². The van der Waals surface area contributed by atoms with Gasteiger partial charge < -0.3 is 14.2 Å². The van der Waals surface area contributed by atoms with Gasteiger partial charge in [0.25, 0.3) is 5.91 Å². The smallest absolute Gasteiger partial charge is 0.290 e. The van der Waals surface area contributed by atoms with E-state index in [1.165, 1.54) is 5.56 Å². The molecule has 1 aliphatic rings. The third-order valence-electron chi connectivity index (χ3n) is 6.77. The highest BCUT2D eigenvalue weighted by Gasteiger charge is 2.42. The van der Waals surface area contributed by atoms with Crippen molar-refractivity contribution in [1.29, 1.82) is 0 Å². The minimum absolute atomic E-state index is 0.0249. The molecule has 1 amide bonds. The summed E-state index contributed by atoms with van der Waals surface area (Å²) in [7, 11) is 0. The van der Waals surface area contributed by atoms with Crippen LogP contribution in [0.25, 0.3) is 11.0 Å². The molecule has 5 heteroatoms.